The number of amides is 1. The second-order valence-electron chi connectivity index (χ2n) is 4.56. The SMILES string of the molecule is C[C@]12C[C@@H](Br)[C@@H](Br)C[C@]1(C)C(=O)N2. The van der Waals surface area contributed by atoms with E-state index in [0.29, 0.717) is 9.65 Å². The lowest BCUT2D eigenvalue weighted by Gasteiger charge is -2.60. The van der Waals surface area contributed by atoms with E-state index in [1.807, 2.05) is 0 Å². The van der Waals surface area contributed by atoms with Crippen LogP contribution in [0.5, 0.6) is 0 Å². The highest BCUT2D eigenvalue weighted by atomic mass is 79.9. The smallest absolute Gasteiger partial charge is 0.228 e. The summed E-state index contributed by atoms with van der Waals surface area (Å²) in [6, 6.07) is 0. The second kappa shape index (κ2) is 2.72. The van der Waals surface area contributed by atoms with Crippen molar-refractivity contribution < 1.29 is 4.79 Å². The molecule has 0 radical (unpaired) electrons. The molecule has 1 heterocycles. The van der Waals surface area contributed by atoms with Crippen LogP contribution in [0.3, 0.4) is 0 Å². The minimum atomic E-state index is -0.161. The van der Waals surface area contributed by atoms with Crippen molar-refractivity contribution >= 4 is 37.8 Å². The molecule has 1 aliphatic heterocycles. The zero-order valence-electron chi connectivity index (χ0n) is 7.73. The van der Waals surface area contributed by atoms with Gasteiger partial charge in [-0.15, -0.1) is 0 Å². The molecule has 1 amide bonds. The van der Waals surface area contributed by atoms with E-state index < -0.39 is 0 Å². The predicted molar refractivity (Wildman–Crippen MR) is 59.3 cm³/mol. The van der Waals surface area contributed by atoms with Gasteiger partial charge in [0.25, 0.3) is 0 Å². The van der Waals surface area contributed by atoms with Crippen LogP contribution in [0.4, 0.5) is 0 Å². The molecular weight excluding hydrogens is 298 g/mol. The van der Waals surface area contributed by atoms with Gasteiger partial charge in [-0.2, -0.15) is 0 Å². The fourth-order valence-electron chi connectivity index (χ4n) is 2.34. The summed E-state index contributed by atoms with van der Waals surface area (Å²) < 4.78 is 0. The lowest BCUT2D eigenvalue weighted by molar-refractivity contribution is -0.157. The maximum absolute atomic E-state index is 11.5. The maximum atomic E-state index is 11.5. The van der Waals surface area contributed by atoms with Crippen molar-refractivity contribution in [3.8, 4) is 0 Å². The highest BCUT2D eigenvalue weighted by Gasteiger charge is 2.63. The molecule has 2 fully saturated rings. The molecule has 13 heavy (non-hydrogen) atoms. The molecule has 0 bridgehead atoms. The third-order valence-electron chi connectivity index (χ3n) is 3.71. The molecular formula is C9H13Br2NO. The van der Waals surface area contributed by atoms with Gasteiger partial charge < -0.3 is 5.32 Å². The molecule has 1 saturated carbocycles. The third kappa shape index (κ3) is 1.14. The summed E-state index contributed by atoms with van der Waals surface area (Å²) in [6.07, 6.45) is 1.93. The van der Waals surface area contributed by atoms with Crippen LogP contribution in [-0.2, 0) is 4.79 Å². The lowest BCUT2D eigenvalue weighted by atomic mass is 9.56. The lowest BCUT2D eigenvalue weighted by Crippen LogP contribution is -2.77. The van der Waals surface area contributed by atoms with Crippen molar-refractivity contribution in [2.24, 2.45) is 5.41 Å². The molecule has 1 N–H and O–H groups in total. The summed E-state index contributed by atoms with van der Waals surface area (Å²) in [5.74, 6) is 0.207. The van der Waals surface area contributed by atoms with Gasteiger partial charge in [0.05, 0.1) is 11.0 Å². The van der Waals surface area contributed by atoms with Crippen molar-refractivity contribution in [2.45, 2.75) is 41.9 Å². The van der Waals surface area contributed by atoms with E-state index in [9.17, 15) is 4.79 Å². The molecule has 74 valence electrons. The Hall–Kier alpha value is 0.430. The van der Waals surface area contributed by atoms with Crippen molar-refractivity contribution in [3.05, 3.63) is 0 Å². The van der Waals surface area contributed by atoms with E-state index in [-0.39, 0.29) is 16.9 Å². The first-order valence-corrected chi connectivity index (χ1v) is 6.33. The fraction of sp³-hybridized carbons (Fsp3) is 0.889. The molecule has 0 unspecified atom stereocenters. The Morgan fingerprint density at radius 1 is 1.31 bits per heavy atom. The fourth-order valence-corrected chi connectivity index (χ4v) is 4.01. The van der Waals surface area contributed by atoms with Gasteiger partial charge in [-0.25, -0.2) is 0 Å². The summed E-state index contributed by atoms with van der Waals surface area (Å²) in [5, 5.41) is 3.02. The summed E-state index contributed by atoms with van der Waals surface area (Å²) in [4.78, 5) is 12.4. The average Bonchev–Trinajstić information content (AvgIpc) is 2.01. The van der Waals surface area contributed by atoms with E-state index in [4.69, 9.17) is 0 Å². The molecule has 0 aromatic heterocycles. The van der Waals surface area contributed by atoms with Crippen LogP contribution < -0.4 is 5.32 Å². The van der Waals surface area contributed by atoms with E-state index >= 15 is 0 Å². The first kappa shape index (κ1) is 9.97. The van der Waals surface area contributed by atoms with E-state index in [2.05, 4.69) is 51.0 Å². The number of carbonyl (C=O) groups is 1. The van der Waals surface area contributed by atoms with E-state index in [1.54, 1.807) is 0 Å². The van der Waals surface area contributed by atoms with E-state index in [0.717, 1.165) is 12.8 Å². The molecule has 2 aliphatic rings. The number of rotatable bonds is 0. The number of carbonyl (C=O) groups excluding carboxylic acids is 1. The minimum Gasteiger partial charge on any atom is -0.349 e. The van der Waals surface area contributed by atoms with Gasteiger partial charge in [-0.3, -0.25) is 4.79 Å². The Bertz CT molecular complexity index is 270. The first-order valence-electron chi connectivity index (χ1n) is 4.50. The van der Waals surface area contributed by atoms with Crippen LogP contribution in [-0.4, -0.2) is 21.1 Å². The number of alkyl halides is 2. The van der Waals surface area contributed by atoms with Gasteiger partial charge >= 0.3 is 0 Å². The molecule has 0 spiro atoms. The quantitative estimate of drug-likeness (QED) is 0.539. The van der Waals surface area contributed by atoms with Crippen LogP contribution in [0.1, 0.15) is 26.7 Å². The zero-order valence-corrected chi connectivity index (χ0v) is 10.9. The second-order valence-corrected chi connectivity index (χ2v) is 6.91. The van der Waals surface area contributed by atoms with Crippen LogP contribution in [0.2, 0.25) is 0 Å². The highest BCUT2D eigenvalue weighted by Crippen LogP contribution is 2.53. The van der Waals surface area contributed by atoms with Gasteiger partial charge in [0.1, 0.15) is 0 Å². The van der Waals surface area contributed by atoms with Crippen LogP contribution in [0.25, 0.3) is 0 Å². The Morgan fingerprint density at radius 3 is 2.38 bits per heavy atom. The monoisotopic (exact) mass is 309 g/mol. The highest BCUT2D eigenvalue weighted by molar-refractivity contribution is 9.12. The van der Waals surface area contributed by atoms with Gasteiger partial charge in [-0.1, -0.05) is 31.9 Å². The summed E-state index contributed by atoms with van der Waals surface area (Å²) in [5.41, 5.74) is -0.159. The molecule has 0 aromatic carbocycles. The van der Waals surface area contributed by atoms with Gasteiger partial charge in [0.15, 0.2) is 0 Å². The van der Waals surface area contributed by atoms with Gasteiger partial charge in [0, 0.05) is 9.65 Å². The van der Waals surface area contributed by atoms with Crippen LogP contribution >= 0.6 is 31.9 Å². The topological polar surface area (TPSA) is 29.1 Å². The van der Waals surface area contributed by atoms with E-state index in [1.165, 1.54) is 0 Å². The van der Waals surface area contributed by atoms with Crippen molar-refractivity contribution in [1.82, 2.24) is 5.32 Å². The summed E-state index contributed by atoms with van der Waals surface area (Å²) in [7, 11) is 0. The van der Waals surface area contributed by atoms with Crippen molar-refractivity contribution in [2.75, 3.05) is 0 Å². The predicted octanol–water partition coefficient (Wildman–Crippen LogP) is 2.20. The standard InChI is InChI=1S/C9H13Br2NO/c1-8-3-5(10)6(11)4-9(8,2)12-7(8)13/h5-6H,3-4H2,1-2H3,(H,12,13)/t5-,6+,8+,9-/m0/s1. The largest absolute Gasteiger partial charge is 0.349 e. The average molecular weight is 311 g/mol. The number of fused-ring (bicyclic) bond motifs is 1. The normalized spacial score (nSPS) is 54.9. The first-order chi connectivity index (χ1) is 5.89. The molecule has 1 saturated heterocycles. The Labute approximate surface area is 95.1 Å². The number of halogens is 2. The Morgan fingerprint density at radius 2 is 1.85 bits per heavy atom. The van der Waals surface area contributed by atoms with Gasteiger partial charge in [-0.05, 0) is 26.7 Å². The number of β-lactam (4-membered cyclic amide) rings is 1. The zero-order chi connectivity index (χ0) is 9.85. The Kier molecular flexibility index (Phi) is 2.09. The molecule has 1 aliphatic carbocycles. The van der Waals surface area contributed by atoms with Crippen LogP contribution in [0.15, 0.2) is 0 Å². The number of hydrogen-bond donors (Lipinski definition) is 1. The molecule has 2 rings (SSSR count). The molecule has 0 aromatic rings. The summed E-state index contributed by atoms with van der Waals surface area (Å²) in [6.45, 7) is 4.21. The number of nitrogens with one attached hydrogen (secondary N) is 1. The molecule has 4 atom stereocenters. The number of hydrogen-bond acceptors (Lipinski definition) is 1. The van der Waals surface area contributed by atoms with Crippen LogP contribution in [0, 0.1) is 5.41 Å². The minimum absolute atomic E-state index is 0.00250. The summed E-state index contributed by atoms with van der Waals surface area (Å²) >= 11 is 7.25. The Balaban J connectivity index is 2.27. The molecule has 4 heteroatoms. The third-order valence-corrected chi connectivity index (χ3v) is 6.34. The maximum Gasteiger partial charge on any atom is 0.228 e. The molecule has 2 nitrogen and oxygen atoms in total. The van der Waals surface area contributed by atoms with Crippen molar-refractivity contribution in [3.63, 3.8) is 0 Å². The van der Waals surface area contributed by atoms with Crippen molar-refractivity contribution in [1.29, 1.82) is 0 Å². The van der Waals surface area contributed by atoms with Gasteiger partial charge in [0.2, 0.25) is 5.91 Å².